The van der Waals surface area contributed by atoms with Gasteiger partial charge in [-0.3, -0.25) is 9.52 Å². The molecule has 3 rings (SSSR count). The molecule has 2 N–H and O–H groups in total. The summed E-state index contributed by atoms with van der Waals surface area (Å²) in [6.45, 7) is 3.95. The van der Waals surface area contributed by atoms with Crippen molar-refractivity contribution in [3.63, 3.8) is 0 Å². The molecular weight excluding hydrogens is 416 g/mol. The average molecular weight is 441 g/mol. The molecule has 0 spiro atoms. The van der Waals surface area contributed by atoms with Crippen LogP contribution >= 0.6 is 0 Å². The number of rotatable bonds is 9. The third kappa shape index (κ3) is 6.23. The molecule has 0 saturated carbocycles. The molecule has 0 bridgehead atoms. The van der Waals surface area contributed by atoms with Crippen LogP contribution in [0.25, 0.3) is 0 Å². The van der Waals surface area contributed by atoms with Gasteiger partial charge in [0.1, 0.15) is 11.5 Å². The number of aryl methyl sites for hydroxylation is 1. The molecule has 31 heavy (non-hydrogen) atoms. The lowest BCUT2D eigenvalue weighted by Crippen LogP contribution is -2.20. The van der Waals surface area contributed by atoms with Gasteiger partial charge in [-0.15, -0.1) is 0 Å². The van der Waals surface area contributed by atoms with E-state index in [0.29, 0.717) is 35.0 Å². The summed E-state index contributed by atoms with van der Waals surface area (Å²) < 4.78 is 38.8. The maximum atomic E-state index is 12.7. The zero-order valence-electron chi connectivity index (χ0n) is 17.3. The maximum absolute atomic E-state index is 12.7. The first-order valence-corrected chi connectivity index (χ1v) is 11.2. The Morgan fingerprint density at radius 3 is 2.26 bits per heavy atom. The van der Waals surface area contributed by atoms with Gasteiger partial charge < -0.3 is 14.8 Å². The van der Waals surface area contributed by atoms with Crippen molar-refractivity contribution in [1.29, 1.82) is 0 Å². The van der Waals surface area contributed by atoms with Crippen LogP contribution in [0.1, 0.15) is 12.5 Å². The van der Waals surface area contributed by atoms with E-state index >= 15 is 0 Å². The van der Waals surface area contributed by atoms with E-state index in [4.69, 9.17) is 9.47 Å². The quantitative estimate of drug-likeness (QED) is 0.520. The molecule has 7 nitrogen and oxygen atoms in total. The highest BCUT2D eigenvalue weighted by Gasteiger charge is 2.16. The van der Waals surface area contributed by atoms with Crippen LogP contribution in [0.4, 0.5) is 11.4 Å². The fourth-order valence-electron chi connectivity index (χ4n) is 2.81. The van der Waals surface area contributed by atoms with Crippen molar-refractivity contribution < 1.29 is 22.7 Å². The molecule has 0 aliphatic carbocycles. The van der Waals surface area contributed by atoms with Gasteiger partial charge in [-0.1, -0.05) is 18.2 Å². The number of amides is 1. The number of ether oxygens (including phenoxy) is 2. The monoisotopic (exact) mass is 440 g/mol. The van der Waals surface area contributed by atoms with Gasteiger partial charge in [-0.2, -0.15) is 0 Å². The minimum absolute atomic E-state index is 0.0972. The Kier molecular flexibility index (Phi) is 7.15. The Morgan fingerprint density at radius 2 is 1.61 bits per heavy atom. The van der Waals surface area contributed by atoms with Crippen LogP contribution in [0.5, 0.6) is 11.5 Å². The van der Waals surface area contributed by atoms with E-state index in [9.17, 15) is 13.2 Å². The van der Waals surface area contributed by atoms with Gasteiger partial charge in [0.15, 0.2) is 6.61 Å². The number of sulfonamides is 1. The number of para-hydroxylation sites is 1. The molecule has 0 unspecified atom stereocenters. The first-order chi connectivity index (χ1) is 14.9. The fourth-order valence-corrected chi connectivity index (χ4v) is 3.96. The molecule has 0 heterocycles. The zero-order valence-corrected chi connectivity index (χ0v) is 18.1. The smallest absolute Gasteiger partial charge is 0.262 e. The standard InChI is InChI=1S/C23H24N2O5S/c1-3-29-20-11-9-19(10-12-20)25-31(27,28)21-13-14-22(17(2)15-21)30-16-23(26)24-18-7-5-4-6-8-18/h4-15,25H,3,16H2,1-2H3,(H,24,26). The third-order valence-electron chi connectivity index (χ3n) is 4.29. The van der Waals surface area contributed by atoms with E-state index in [1.165, 1.54) is 18.2 Å². The van der Waals surface area contributed by atoms with Gasteiger partial charge in [0.05, 0.1) is 11.5 Å². The van der Waals surface area contributed by atoms with Crippen LogP contribution in [0.3, 0.4) is 0 Å². The Labute approximate surface area is 182 Å². The van der Waals surface area contributed by atoms with Crippen LogP contribution < -0.4 is 19.5 Å². The molecule has 0 atom stereocenters. The summed E-state index contributed by atoms with van der Waals surface area (Å²) in [5.41, 5.74) is 1.70. The highest BCUT2D eigenvalue weighted by Crippen LogP contribution is 2.24. The third-order valence-corrected chi connectivity index (χ3v) is 5.67. The lowest BCUT2D eigenvalue weighted by atomic mass is 10.2. The van der Waals surface area contributed by atoms with E-state index in [0.717, 1.165) is 0 Å². The second-order valence-electron chi connectivity index (χ2n) is 6.69. The first-order valence-electron chi connectivity index (χ1n) is 9.71. The van der Waals surface area contributed by atoms with Crippen molar-refractivity contribution in [3.05, 3.63) is 78.4 Å². The Balaban J connectivity index is 1.62. The molecule has 0 aromatic heterocycles. The van der Waals surface area contributed by atoms with Gasteiger partial charge >= 0.3 is 0 Å². The predicted molar refractivity (Wildman–Crippen MR) is 120 cm³/mol. The van der Waals surface area contributed by atoms with Crippen molar-refractivity contribution in [1.82, 2.24) is 0 Å². The molecule has 1 amide bonds. The van der Waals surface area contributed by atoms with Crippen molar-refractivity contribution in [2.45, 2.75) is 18.7 Å². The molecule has 0 fully saturated rings. The fraction of sp³-hybridized carbons (Fsp3) is 0.174. The number of anilines is 2. The average Bonchev–Trinajstić information content (AvgIpc) is 2.75. The van der Waals surface area contributed by atoms with E-state index < -0.39 is 10.0 Å². The largest absolute Gasteiger partial charge is 0.494 e. The summed E-state index contributed by atoms with van der Waals surface area (Å²) in [5.74, 6) is 0.793. The number of benzene rings is 3. The predicted octanol–water partition coefficient (Wildman–Crippen LogP) is 4.21. The molecule has 8 heteroatoms. The first kappa shape index (κ1) is 22.2. The summed E-state index contributed by atoms with van der Waals surface area (Å²) in [7, 11) is -3.78. The summed E-state index contributed by atoms with van der Waals surface area (Å²) >= 11 is 0. The van der Waals surface area contributed by atoms with Crippen LogP contribution in [0, 0.1) is 6.92 Å². The molecule has 3 aromatic rings. The SMILES string of the molecule is CCOc1ccc(NS(=O)(=O)c2ccc(OCC(=O)Nc3ccccc3)c(C)c2)cc1. The van der Waals surface area contributed by atoms with Crippen LogP contribution in [0.15, 0.2) is 77.7 Å². The summed E-state index contributed by atoms with van der Waals surface area (Å²) in [6, 6.07) is 20.2. The second-order valence-corrected chi connectivity index (χ2v) is 8.38. The van der Waals surface area contributed by atoms with Crippen molar-refractivity contribution in [2.75, 3.05) is 23.3 Å². The molecule has 0 radical (unpaired) electrons. The number of nitrogens with one attached hydrogen (secondary N) is 2. The second kappa shape index (κ2) is 9.99. The number of hydrogen-bond donors (Lipinski definition) is 2. The molecule has 0 aliphatic rings. The number of carbonyl (C=O) groups is 1. The van der Waals surface area contributed by atoms with E-state index in [2.05, 4.69) is 10.0 Å². The van der Waals surface area contributed by atoms with Gasteiger partial charge in [0.25, 0.3) is 15.9 Å². The minimum atomic E-state index is -3.78. The highest BCUT2D eigenvalue weighted by atomic mass is 32.2. The van der Waals surface area contributed by atoms with Crippen LogP contribution in [-0.2, 0) is 14.8 Å². The minimum Gasteiger partial charge on any atom is -0.494 e. The van der Waals surface area contributed by atoms with Gasteiger partial charge in [0.2, 0.25) is 0 Å². The van der Waals surface area contributed by atoms with E-state index in [-0.39, 0.29) is 17.4 Å². The summed E-state index contributed by atoms with van der Waals surface area (Å²) in [5, 5.41) is 2.73. The lowest BCUT2D eigenvalue weighted by Gasteiger charge is -2.13. The van der Waals surface area contributed by atoms with Crippen LogP contribution in [-0.4, -0.2) is 27.5 Å². The highest BCUT2D eigenvalue weighted by molar-refractivity contribution is 7.92. The van der Waals surface area contributed by atoms with Gasteiger partial charge in [0, 0.05) is 11.4 Å². The Hall–Kier alpha value is -3.52. The van der Waals surface area contributed by atoms with Crippen molar-refractivity contribution in [3.8, 4) is 11.5 Å². The van der Waals surface area contributed by atoms with Crippen molar-refractivity contribution >= 4 is 27.3 Å². The Bertz CT molecular complexity index is 1130. The Morgan fingerprint density at radius 1 is 0.903 bits per heavy atom. The zero-order chi connectivity index (χ0) is 22.3. The lowest BCUT2D eigenvalue weighted by molar-refractivity contribution is -0.118. The molecule has 162 valence electrons. The van der Waals surface area contributed by atoms with Gasteiger partial charge in [-0.25, -0.2) is 8.42 Å². The number of carbonyl (C=O) groups excluding carboxylic acids is 1. The molecule has 0 saturated heterocycles. The van der Waals surface area contributed by atoms with E-state index in [1.54, 1.807) is 43.3 Å². The summed E-state index contributed by atoms with van der Waals surface area (Å²) in [4.78, 5) is 12.1. The molecular formula is C23H24N2O5S. The molecule has 3 aromatic carbocycles. The maximum Gasteiger partial charge on any atom is 0.262 e. The summed E-state index contributed by atoms with van der Waals surface area (Å²) in [6.07, 6.45) is 0. The molecule has 0 aliphatic heterocycles. The normalized spacial score (nSPS) is 10.9. The van der Waals surface area contributed by atoms with E-state index in [1.807, 2.05) is 25.1 Å². The van der Waals surface area contributed by atoms with Crippen molar-refractivity contribution in [2.24, 2.45) is 0 Å². The van der Waals surface area contributed by atoms with Gasteiger partial charge in [-0.05, 0) is 74.0 Å². The number of hydrogen-bond acceptors (Lipinski definition) is 5. The van der Waals surface area contributed by atoms with Crippen LogP contribution in [0.2, 0.25) is 0 Å². The topological polar surface area (TPSA) is 93.7 Å².